The van der Waals surface area contributed by atoms with E-state index in [1.807, 2.05) is 44.2 Å². The number of fused-ring (bicyclic) bond motifs is 1. The number of carbonyl (C=O) groups is 1. The molecule has 31 heavy (non-hydrogen) atoms. The standard InChI is InChI=1S/C23H28BrN5O2/c1-3-28-20-14-18(26-22(30)25-17-10-8-16(24)9-11-17)19(27-12-6-5-7-13-27)15-21(20)29(4-2)23(28)31/h8-11,14-15H,3-7,12-13H2,1-2H3,(H2,25,26,30). The minimum Gasteiger partial charge on any atom is -0.370 e. The Labute approximate surface area is 190 Å². The van der Waals surface area contributed by atoms with Gasteiger partial charge in [-0.05, 0) is 69.5 Å². The van der Waals surface area contributed by atoms with E-state index in [1.165, 1.54) is 6.42 Å². The lowest BCUT2D eigenvalue weighted by Gasteiger charge is -2.30. The summed E-state index contributed by atoms with van der Waals surface area (Å²) < 4.78 is 4.52. The smallest absolute Gasteiger partial charge is 0.329 e. The molecule has 0 aliphatic carbocycles. The predicted molar refractivity (Wildman–Crippen MR) is 130 cm³/mol. The Bertz CT molecular complexity index is 1140. The van der Waals surface area contributed by atoms with Gasteiger partial charge < -0.3 is 15.5 Å². The number of piperidine rings is 1. The zero-order valence-corrected chi connectivity index (χ0v) is 19.5. The molecule has 1 aliphatic rings. The molecule has 1 saturated heterocycles. The first-order chi connectivity index (χ1) is 15.0. The highest BCUT2D eigenvalue weighted by molar-refractivity contribution is 9.10. The van der Waals surface area contributed by atoms with Crippen molar-refractivity contribution in [1.29, 1.82) is 0 Å². The molecule has 2 N–H and O–H groups in total. The Morgan fingerprint density at radius 2 is 1.55 bits per heavy atom. The molecule has 0 saturated carbocycles. The Morgan fingerprint density at radius 3 is 2.16 bits per heavy atom. The molecular weight excluding hydrogens is 458 g/mol. The van der Waals surface area contributed by atoms with Gasteiger partial charge in [-0.1, -0.05) is 15.9 Å². The first kappa shape index (κ1) is 21.5. The van der Waals surface area contributed by atoms with E-state index in [2.05, 4.69) is 37.5 Å². The number of hydrogen-bond donors (Lipinski definition) is 2. The summed E-state index contributed by atoms with van der Waals surface area (Å²) >= 11 is 3.41. The number of aryl methyl sites for hydroxylation is 2. The summed E-state index contributed by atoms with van der Waals surface area (Å²) in [5.41, 5.74) is 4.14. The van der Waals surface area contributed by atoms with Crippen LogP contribution in [0.2, 0.25) is 0 Å². The summed E-state index contributed by atoms with van der Waals surface area (Å²) in [6, 6.07) is 11.1. The van der Waals surface area contributed by atoms with Crippen molar-refractivity contribution in [3.63, 3.8) is 0 Å². The van der Waals surface area contributed by atoms with Crippen LogP contribution in [0.5, 0.6) is 0 Å². The van der Waals surface area contributed by atoms with E-state index in [-0.39, 0.29) is 11.7 Å². The summed E-state index contributed by atoms with van der Waals surface area (Å²) in [7, 11) is 0. The van der Waals surface area contributed by atoms with Crippen LogP contribution in [-0.2, 0) is 13.1 Å². The second-order valence-corrected chi connectivity index (χ2v) is 8.68. The fourth-order valence-electron chi connectivity index (χ4n) is 4.28. The number of halogens is 1. The number of benzene rings is 2. The minimum atomic E-state index is -0.305. The molecule has 1 aromatic heterocycles. The van der Waals surface area contributed by atoms with Gasteiger partial charge in [0.1, 0.15) is 0 Å². The van der Waals surface area contributed by atoms with Crippen LogP contribution >= 0.6 is 15.9 Å². The van der Waals surface area contributed by atoms with Crippen molar-refractivity contribution in [3.05, 3.63) is 51.4 Å². The van der Waals surface area contributed by atoms with E-state index in [0.717, 1.165) is 52.8 Å². The van der Waals surface area contributed by atoms with Crippen LogP contribution in [0.1, 0.15) is 33.1 Å². The lowest BCUT2D eigenvalue weighted by molar-refractivity contribution is 0.262. The van der Waals surface area contributed by atoms with Gasteiger partial charge in [0.05, 0.1) is 22.4 Å². The molecule has 1 aliphatic heterocycles. The fraction of sp³-hybridized carbons (Fsp3) is 0.391. The van der Waals surface area contributed by atoms with Gasteiger partial charge in [0.2, 0.25) is 0 Å². The molecule has 0 spiro atoms. The lowest BCUT2D eigenvalue weighted by Crippen LogP contribution is -2.31. The number of urea groups is 1. The Kier molecular flexibility index (Phi) is 6.36. The first-order valence-corrected chi connectivity index (χ1v) is 11.7. The van der Waals surface area contributed by atoms with Crippen LogP contribution in [0, 0.1) is 0 Å². The molecule has 2 aromatic carbocycles. The Morgan fingerprint density at radius 1 is 0.935 bits per heavy atom. The highest BCUT2D eigenvalue weighted by atomic mass is 79.9. The maximum atomic E-state index is 12.8. The quantitative estimate of drug-likeness (QED) is 0.518. The van der Waals surface area contributed by atoms with Crippen LogP contribution in [0.4, 0.5) is 21.9 Å². The molecule has 0 bridgehead atoms. The van der Waals surface area contributed by atoms with E-state index in [1.54, 1.807) is 9.13 Å². The molecule has 4 rings (SSSR count). The predicted octanol–water partition coefficient (Wildman–Crippen LogP) is 5.24. The molecule has 7 nitrogen and oxygen atoms in total. The van der Waals surface area contributed by atoms with Crippen molar-refractivity contribution in [2.24, 2.45) is 0 Å². The maximum Gasteiger partial charge on any atom is 0.329 e. The zero-order valence-electron chi connectivity index (χ0n) is 17.9. The monoisotopic (exact) mass is 485 g/mol. The van der Waals surface area contributed by atoms with Crippen molar-refractivity contribution in [3.8, 4) is 0 Å². The fourth-order valence-corrected chi connectivity index (χ4v) is 4.54. The number of imidazole rings is 1. The lowest BCUT2D eigenvalue weighted by atomic mass is 10.1. The van der Waals surface area contributed by atoms with Gasteiger partial charge in [-0.3, -0.25) is 9.13 Å². The van der Waals surface area contributed by atoms with Gasteiger partial charge in [-0.25, -0.2) is 9.59 Å². The number of anilines is 3. The molecule has 2 heterocycles. The topological polar surface area (TPSA) is 71.3 Å². The number of hydrogen-bond acceptors (Lipinski definition) is 3. The second kappa shape index (κ2) is 9.18. The molecule has 0 radical (unpaired) electrons. The summed E-state index contributed by atoms with van der Waals surface area (Å²) in [5.74, 6) is 0. The van der Waals surface area contributed by atoms with Gasteiger partial charge in [0, 0.05) is 36.3 Å². The number of carbonyl (C=O) groups excluding carboxylic acids is 1. The van der Waals surface area contributed by atoms with Gasteiger partial charge in [-0.2, -0.15) is 0 Å². The van der Waals surface area contributed by atoms with Crippen molar-refractivity contribution in [2.75, 3.05) is 28.6 Å². The number of nitrogens with one attached hydrogen (secondary N) is 2. The van der Waals surface area contributed by atoms with Gasteiger partial charge >= 0.3 is 11.7 Å². The maximum absolute atomic E-state index is 12.8. The van der Waals surface area contributed by atoms with E-state index >= 15 is 0 Å². The van der Waals surface area contributed by atoms with Crippen LogP contribution < -0.4 is 21.2 Å². The van der Waals surface area contributed by atoms with E-state index in [4.69, 9.17) is 0 Å². The largest absolute Gasteiger partial charge is 0.370 e. The molecule has 0 atom stereocenters. The van der Waals surface area contributed by atoms with E-state index in [0.29, 0.717) is 18.8 Å². The summed E-state index contributed by atoms with van der Waals surface area (Å²) in [5, 5.41) is 5.92. The SMILES string of the molecule is CCn1c(=O)n(CC)c2cc(N3CCCCC3)c(NC(=O)Nc3ccc(Br)cc3)cc21. The Hall–Kier alpha value is -2.74. The molecule has 164 valence electrons. The van der Waals surface area contributed by atoms with Gasteiger partial charge in [0.15, 0.2) is 0 Å². The third-order valence-corrected chi connectivity index (χ3v) is 6.34. The van der Waals surface area contributed by atoms with Crippen molar-refractivity contribution in [2.45, 2.75) is 46.2 Å². The first-order valence-electron chi connectivity index (χ1n) is 10.9. The van der Waals surface area contributed by atoms with Crippen molar-refractivity contribution >= 4 is 50.1 Å². The second-order valence-electron chi connectivity index (χ2n) is 7.76. The number of amides is 2. The number of nitrogens with zero attached hydrogens (tertiary/aromatic N) is 3. The van der Waals surface area contributed by atoms with Crippen LogP contribution in [0.25, 0.3) is 11.0 Å². The third-order valence-electron chi connectivity index (χ3n) is 5.82. The molecule has 1 fully saturated rings. The Balaban J connectivity index is 1.74. The third kappa shape index (κ3) is 4.35. The van der Waals surface area contributed by atoms with Crippen molar-refractivity contribution in [1.82, 2.24) is 9.13 Å². The minimum absolute atomic E-state index is 0.0129. The van der Waals surface area contributed by atoms with E-state index < -0.39 is 0 Å². The number of rotatable bonds is 5. The average molecular weight is 486 g/mol. The van der Waals surface area contributed by atoms with Crippen molar-refractivity contribution < 1.29 is 4.79 Å². The molecular formula is C23H28BrN5O2. The van der Waals surface area contributed by atoms with Crippen LogP contribution in [0.15, 0.2) is 45.7 Å². The number of aromatic nitrogens is 2. The van der Waals surface area contributed by atoms with Gasteiger partial charge in [-0.15, -0.1) is 0 Å². The molecule has 8 heteroatoms. The average Bonchev–Trinajstić information content (AvgIpc) is 3.04. The van der Waals surface area contributed by atoms with Crippen LogP contribution in [-0.4, -0.2) is 28.3 Å². The molecule has 3 aromatic rings. The van der Waals surface area contributed by atoms with E-state index in [9.17, 15) is 9.59 Å². The summed E-state index contributed by atoms with van der Waals surface area (Å²) in [4.78, 5) is 28.0. The molecule has 2 amide bonds. The highest BCUT2D eigenvalue weighted by Gasteiger charge is 2.21. The highest BCUT2D eigenvalue weighted by Crippen LogP contribution is 2.33. The zero-order chi connectivity index (χ0) is 22.0. The van der Waals surface area contributed by atoms with Gasteiger partial charge in [0.25, 0.3) is 0 Å². The van der Waals surface area contributed by atoms with Crippen LogP contribution in [0.3, 0.4) is 0 Å². The molecule has 0 unspecified atom stereocenters. The summed E-state index contributed by atoms with van der Waals surface area (Å²) in [6.45, 7) is 7.03. The normalized spacial score (nSPS) is 14.1. The summed E-state index contributed by atoms with van der Waals surface area (Å²) in [6.07, 6.45) is 3.47.